The third-order valence-corrected chi connectivity index (χ3v) is 3.46. The normalized spacial score (nSPS) is 10.3. The van der Waals surface area contributed by atoms with Crippen LogP contribution in [0.1, 0.15) is 0 Å². The van der Waals surface area contributed by atoms with E-state index in [9.17, 15) is 0 Å². The van der Waals surface area contributed by atoms with Crippen LogP contribution in [-0.2, 0) is 0 Å². The summed E-state index contributed by atoms with van der Waals surface area (Å²) >= 11 is 0. The maximum Gasteiger partial charge on any atom is 0.121 e. The number of rotatable bonds is 6. The Balaban J connectivity index is 2.02. The lowest BCUT2D eigenvalue weighted by atomic mass is 10.2. The molecule has 0 aliphatic carbocycles. The Bertz CT molecular complexity index is 689. The molecule has 23 heavy (non-hydrogen) atoms. The van der Waals surface area contributed by atoms with Gasteiger partial charge in [0.25, 0.3) is 0 Å². The molecule has 3 aromatic carbocycles. The van der Waals surface area contributed by atoms with Gasteiger partial charge < -0.3 is 14.7 Å². The minimum absolute atomic E-state index is 0.00527. The first-order valence-electron chi connectivity index (χ1n) is 7.62. The number of hydrogen-bond donors (Lipinski definition) is 1. The lowest BCUT2D eigenvalue weighted by Gasteiger charge is -2.25. The largest absolute Gasteiger partial charge is 0.491 e. The van der Waals surface area contributed by atoms with Crippen molar-refractivity contribution in [3.63, 3.8) is 0 Å². The van der Waals surface area contributed by atoms with Crippen LogP contribution in [0.5, 0.6) is 5.75 Å². The number of ether oxygens (including phenoxy) is 1. The molecule has 0 bridgehead atoms. The minimum Gasteiger partial charge on any atom is -0.491 e. The maximum atomic E-state index is 8.93. The number of aliphatic hydroxyl groups excluding tert-OH is 1. The van der Waals surface area contributed by atoms with Crippen molar-refractivity contribution in [1.82, 2.24) is 0 Å². The smallest absolute Gasteiger partial charge is 0.121 e. The Morgan fingerprint density at radius 1 is 0.696 bits per heavy atom. The number of anilines is 3. The van der Waals surface area contributed by atoms with Gasteiger partial charge >= 0.3 is 0 Å². The lowest BCUT2D eigenvalue weighted by Crippen LogP contribution is -2.10. The summed E-state index contributed by atoms with van der Waals surface area (Å²) < 4.78 is 5.54. The molecule has 0 radical (unpaired) electrons. The molecule has 0 saturated heterocycles. The van der Waals surface area contributed by atoms with Crippen molar-refractivity contribution in [3.8, 4) is 5.75 Å². The van der Waals surface area contributed by atoms with Gasteiger partial charge in [0.15, 0.2) is 0 Å². The molecule has 0 aliphatic rings. The Morgan fingerprint density at radius 2 is 1.26 bits per heavy atom. The monoisotopic (exact) mass is 305 g/mol. The molecular weight excluding hydrogens is 286 g/mol. The topological polar surface area (TPSA) is 32.7 Å². The highest BCUT2D eigenvalue weighted by molar-refractivity contribution is 5.76. The van der Waals surface area contributed by atoms with Crippen molar-refractivity contribution < 1.29 is 9.84 Å². The average molecular weight is 305 g/mol. The maximum absolute atomic E-state index is 8.93. The predicted molar refractivity (Wildman–Crippen MR) is 93.7 cm³/mol. The highest BCUT2D eigenvalue weighted by Gasteiger charge is 2.12. The zero-order chi connectivity index (χ0) is 15.9. The zero-order valence-corrected chi connectivity index (χ0v) is 12.8. The van der Waals surface area contributed by atoms with Crippen LogP contribution in [0.2, 0.25) is 0 Å². The highest BCUT2D eigenvalue weighted by Crippen LogP contribution is 2.35. The van der Waals surface area contributed by atoms with Gasteiger partial charge in [-0.05, 0) is 36.4 Å². The van der Waals surface area contributed by atoms with Crippen molar-refractivity contribution in [3.05, 3.63) is 84.9 Å². The second kappa shape index (κ2) is 7.47. The summed E-state index contributed by atoms with van der Waals surface area (Å²) in [6.45, 7) is 0.297. The first kappa shape index (κ1) is 15.1. The van der Waals surface area contributed by atoms with Gasteiger partial charge in [-0.3, -0.25) is 0 Å². The van der Waals surface area contributed by atoms with E-state index < -0.39 is 0 Å². The van der Waals surface area contributed by atoms with Crippen LogP contribution < -0.4 is 9.64 Å². The van der Waals surface area contributed by atoms with Gasteiger partial charge in [0.1, 0.15) is 12.4 Å². The molecule has 0 aromatic heterocycles. The fraction of sp³-hybridized carbons (Fsp3) is 0.100. The fourth-order valence-corrected chi connectivity index (χ4v) is 2.48. The van der Waals surface area contributed by atoms with Crippen molar-refractivity contribution in [2.75, 3.05) is 18.1 Å². The molecule has 3 aromatic rings. The molecule has 1 N–H and O–H groups in total. The van der Waals surface area contributed by atoms with Crippen LogP contribution in [0.15, 0.2) is 84.9 Å². The van der Waals surface area contributed by atoms with Crippen LogP contribution in [0, 0.1) is 0 Å². The van der Waals surface area contributed by atoms with Crippen LogP contribution in [0.3, 0.4) is 0 Å². The molecule has 0 fully saturated rings. The van der Waals surface area contributed by atoms with Gasteiger partial charge in [-0.15, -0.1) is 0 Å². The molecule has 116 valence electrons. The van der Waals surface area contributed by atoms with E-state index in [0.29, 0.717) is 6.61 Å². The second-order valence-corrected chi connectivity index (χ2v) is 5.08. The molecule has 0 spiro atoms. The van der Waals surface area contributed by atoms with Gasteiger partial charge in [0, 0.05) is 23.1 Å². The SMILES string of the molecule is OCCOc1cccc(N(c2ccccc2)c2ccccc2)c1. The van der Waals surface area contributed by atoms with E-state index in [1.54, 1.807) is 0 Å². The van der Waals surface area contributed by atoms with Gasteiger partial charge in [-0.25, -0.2) is 0 Å². The molecule has 3 heteroatoms. The number of aliphatic hydroxyl groups is 1. The minimum atomic E-state index is 0.00527. The summed E-state index contributed by atoms with van der Waals surface area (Å²) in [6.07, 6.45) is 0. The zero-order valence-electron chi connectivity index (χ0n) is 12.8. The van der Waals surface area contributed by atoms with Gasteiger partial charge in [-0.2, -0.15) is 0 Å². The Labute approximate surface area is 136 Å². The van der Waals surface area contributed by atoms with Crippen molar-refractivity contribution in [2.45, 2.75) is 0 Å². The van der Waals surface area contributed by atoms with E-state index in [1.165, 1.54) is 0 Å². The van der Waals surface area contributed by atoms with Gasteiger partial charge in [0.2, 0.25) is 0 Å². The summed E-state index contributed by atoms with van der Waals surface area (Å²) in [7, 11) is 0. The number of para-hydroxylation sites is 2. The third kappa shape index (κ3) is 3.71. The van der Waals surface area contributed by atoms with E-state index in [2.05, 4.69) is 29.2 Å². The van der Waals surface area contributed by atoms with Crippen molar-refractivity contribution in [1.29, 1.82) is 0 Å². The fourth-order valence-electron chi connectivity index (χ4n) is 2.48. The first-order chi connectivity index (χ1) is 11.4. The van der Waals surface area contributed by atoms with Crippen LogP contribution >= 0.6 is 0 Å². The highest BCUT2D eigenvalue weighted by atomic mass is 16.5. The molecule has 0 amide bonds. The molecule has 3 nitrogen and oxygen atoms in total. The van der Waals surface area contributed by atoms with Crippen LogP contribution in [-0.4, -0.2) is 18.3 Å². The molecule has 0 saturated carbocycles. The molecular formula is C20H19NO2. The van der Waals surface area contributed by atoms with Crippen molar-refractivity contribution >= 4 is 17.1 Å². The van der Waals surface area contributed by atoms with E-state index in [-0.39, 0.29) is 6.61 Å². The summed E-state index contributed by atoms with van der Waals surface area (Å²) in [5, 5.41) is 8.93. The van der Waals surface area contributed by atoms with E-state index in [4.69, 9.17) is 9.84 Å². The molecule has 0 aliphatic heterocycles. The first-order valence-corrected chi connectivity index (χ1v) is 7.62. The molecule has 3 rings (SSSR count). The summed E-state index contributed by atoms with van der Waals surface area (Å²) in [5.74, 6) is 0.744. The lowest BCUT2D eigenvalue weighted by molar-refractivity contribution is 0.201. The quantitative estimate of drug-likeness (QED) is 0.726. The van der Waals surface area contributed by atoms with Gasteiger partial charge in [-0.1, -0.05) is 42.5 Å². The standard InChI is InChI=1S/C20H19NO2/c22-14-15-23-20-13-7-12-19(16-20)21(17-8-3-1-4-9-17)18-10-5-2-6-11-18/h1-13,16,22H,14-15H2. The number of nitrogens with zero attached hydrogens (tertiary/aromatic N) is 1. The third-order valence-electron chi connectivity index (χ3n) is 3.46. The van der Waals surface area contributed by atoms with E-state index in [0.717, 1.165) is 22.8 Å². The van der Waals surface area contributed by atoms with E-state index in [1.807, 2.05) is 60.7 Å². The Morgan fingerprint density at radius 3 is 1.83 bits per heavy atom. The van der Waals surface area contributed by atoms with Gasteiger partial charge in [0.05, 0.1) is 6.61 Å². The predicted octanol–water partition coefficient (Wildman–Crippen LogP) is 4.53. The Kier molecular flexibility index (Phi) is 4.92. The summed E-state index contributed by atoms with van der Waals surface area (Å²) in [6, 6.07) is 28.3. The summed E-state index contributed by atoms with van der Waals surface area (Å²) in [4.78, 5) is 2.17. The molecule has 0 heterocycles. The molecule has 0 unspecified atom stereocenters. The average Bonchev–Trinajstić information content (AvgIpc) is 2.62. The molecule has 0 atom stereocenters. The van der Waals surface area contributed by atoms with Crippen LogP contribution in [0.4, 0.5) is 17.1 Å². The van der Waals surface area contributed by atoms with E-state index >= 15 is 0 Å². The Hall–Kier alpha value is -2.78. The van der Waals surface area contributed by atoms with Crippen LogP contribution in [0.25, 0.3) is 0 Å². The van der Waals surface area contributed by atoms with Crippen molar-refractivity contribution in [2.24, 2.45) is 0 Å². The summed E-state index contributed by atoms with van der Waals surface area (Å²) in [5.41, 5.74) is 3.17. The number of hydrogen-bond acceptors (Lipinski definition) is 3. The second-order valence-electron chi connectivity index (χ2n) is 5.08. The number of benzene rings is 3.